The van der Waals surface area contributed by atoms with Crippen LogP contribution in [0.15, 0.2) is 4.99 Å². The summed E-state index contributed by atoms with van der Waals surface area (Å²) in [6, 6.07) is 0. The van der Waals surface area contributed by atoms with E-state index in [2.05, 4.69) is 10.3 Å². The van der Waals surface area contributed by atoms with Gasteiger partial charge in [0.1, 0.15) is 0 Å². The molecule has 0 amide bonds. The molecule has 1 fully saturated rings. The Morgan fingerprint density at radius 2 is 2.29 bits per heavy atom. The molecule has 2 N–H and O–H groups in total. The highest BCUT2D eigenvalue weighted by molar-refractivity contribution is 5.83. The molecule has 0 saturated heterocycles. The first kappa shape index (κ1) is 9.97. The van der Waals surface area contributed by atoms with Gasteiger partial charge in [-0.15, -0.1) is 0 Å². The highest BCUT2D eigenvalue weighted by Crippen LogP contribution is 2.23. The molecule has 0 spiro atoms. The SMILES string of the molecule is OC1CCCC(CNC2=NCCC2)C1. The van der Waals surface area contributed by atoms with Gasteiger partial charge in [-0.05, 0) is 31.6 Å². The largest absolute Gasteiger partial charge is 0.393 e. The fourth-order valence-electron chi connectivity index (χ4n) is 2.39. The lowest BCUT2D eigenvalue weighted by Gasteiger charge is -2.26. The molecule has 14 heavy (non-hydrogen) atoms. The van der Waals surface area contributed by atoms with E-state index in [1.807, 2.05) is 0 Å². The second kappa shape index (κ2) is 4.78. The van der Waals surface area contributed by atoms with Crippen molar-refractivity contribution in [2.75, 3.05) is 13.1 Å². The summed E-state index contributed by atoms with van der Waals surface area (Å²) in [7, 11) is 0. The van der Waals surface area contributed by atoms with Crippen LogP contribution in [-0.4, -0.2) is 30.1 Å². The van der Waals surface area contributed by atoms with Crippen molar-refractivity contribution in [2.45, 2.75) is 44.6 Å². The Bertz CT molecular complexity index is 215. The van der Waals surface area contributed by atoms with Crippen LogP contribution in [0.1, 0.15) is 38.5 Å². The lowest BCUT2D eigenvalue weighted by atomic mass is 9.87. The molecule has 0 aromatic heterocycles. The smallest absolute Gasteiger partial charge is 0.0963 e. The van der Waals surface area contributed by atoms with Crippen molar-refractivity contribution in [3.8, 4) is 0 Å². The first-order chi connectivity index (χ1) is 6.84. The van der Waals surface area contributed by atoms with Crippen molar-refractivity contribution in [1.82, 2.24) is 5.32 Å². The van der Waals surface area contributed by atoms with E-state index in [9.17, 15) is 5.11 Å². The van der Waals surface area contributed by atoms with Gasteiger partial charge >= 0.3 is 0 Å². The number of nitrogens with zero attached hydrogens (tertiary/aromatic N) is 1. The molecule has 2 aliphatic rings. The Hall–Kier alpha value is -0.570. The molecule has 3 nitrogen and oxygen atoms in total. The fraction of sp³-hybridized carbons (Fsp3) is 0.909. The summed E-state index contributed by atoms with van der Waals surface area (Å²) in [5.74, 6) is 1.84. The number of aliphatic imine (C=N–C) groups is 1. The average Bonchev–Trinajstić information content (AvgIpc) is 2.67. The Balaban J connectivity index is 1.69. The highest BCUT2D eigenvalue weighted by atomic mass is 16.3. The number of aliphatic hydroxyl groups is 1. The average molecular weight is 196 g/mol. The standard InChI is InChI=1S/C11H20N2O/c14-10-4-1-3-9(7-10)8-13-11-5-2-6-12-11/h9-10,14H,1-8H2,(H,12,13). The zero-order valence-corrected chi connectivity index (χ0v) is 8.71. The summed E-state index contributed by atoms with van der Waals surface area (Å²) in [6.45, 7) is 2.01. The summed E-state index contributed by atoms with van der Waals surface area (Å²) in [5.41, 5.74) is 0. The van der Waals surface area contributed by atoms with Gasteiger partial charge in [-0.3, -0.25) is 4.99 Å². The van der Waals surface area contributed by atoms with E-state index >= 15 is 0 Å². The molecule has 0 aromatic carbocycles. The van der Waals surface area contributed by atoms with Crippen molar-refractivity contribution >= 4 is 5.84 Å². The first-order valence-electron chi connectivity index (χ1n) is 5.80. The predicted octanol–water partition coefficient (Wildman–Crippen LogP) is 1.32. The van der Waals surface area contributed by atoms with Gasteiger partial charge < -0.3 is 10.4 Å². The zero-order chi connectivity index (χ0) is 9.80. The van der Waals surface area contributed by atoms with E-state index in [1.165, 1.54) is 25.1 Å². The normalized spacial score (nSPS) is 32.8. The van der Waals surface area contributed by atoms with Crippen LogP contribution >= 0.6 is 0 Å². The molecule has 3 heteroatoms. The van der Waals surface area contributed by atoms with E-state index in [0.29, 0.717) is 5.92 Å². The predicted molar refractivity (Wildman–Crippen MR) is 57.5 cm³/mol. The second-order valence-electron chi connectivity index (χ2n) is 4.50. The monoisotopic (exact) mass is 196 g/mol. The molecule has 1 saturated carbocycles. The lowest BCUT2D eigenvalue weighted by molar-refractivity contribution is 0.102. The summed E-state index contributed by atoms with van der Waals surface area (Å²) in [5, 5.41) is 12.9. The number of rotatable bonds is 2. The second-order valence-corrected chi connectivity index (χ2v) is 4.50. The van der Waals surface area contributed by atoms with Gasteiger partial charge in [0.05, 0.1) is 11.9 Å². The van der Waals surface area contributed by atoms with Crippen LogP contribution in [0.5, 0.6) is 0 Å². The molecule has 1 aliphatic carbocycles. The van der Waals surface area contributed by atoms with E-state index in [4.69, 9.17) is 0 Å². The van der Waals surface area contributed by atoms with E-state index in [0.717, 1.165) is 32.4 Å². The molecule has 2 unspecified atom stereocenters. The third-order valence-electron chi connectivity index (χ3n) is 3.22. The molecule has 1 heterocycles. The molecule has 0 radical (unpaired) electrons. The van der Waals surface area contributed by atoms with Crippen molar-refractivity contribution in [2.24, 2.45) is 10.9 Å². The van der Waals surface area contributed by atoms with Crippen LogP contribution in [0, 0.1) is 5.92 Å². The van der Waals surface area contributed by atoms with E-state index in [1.54, 1.807) is 0 Å². The molecule has 1 aliphatic heterocycles. The Morgan fingerprint density at radius 1 is 1.36 bits per heavy atom. The molecule has 2 atom stereocenters. The number of hydrogen-bond acceptors (Lipinski definition) is 3. The van der Waals surface area contributed by atoms with Crippen LogP contribution in [0.2, 0.25) is 0 Å². The maximum absolute atomic E-state index is 9.51. The van der Waals surface area contributed by atoms with Crippen LogP contribution < -0.4 is 5.32 Å². The van der Waals surface area contributed by atoms with Gasteiger partial charge in [-0.25, -0.2) is 0 Å². The molecule has 80 valence electrons. The number of aliphatic hydroxyl groups excluding tert-OH is 1. The Kier molecular flexibility index (Phi) is 3.40. The van der Waals surface area contributed by atoms with Gasteiger partial charge in [0.2, 0.25) is 0 Å². The van der Waals surface area contributed by atoms with Crippen molar-refractivity contribution in [3.63, 3.8) is 0 Å². The Morgan fingerprint density at radius 3 is 3.00 bits per heavy atom. The number of nitrogens with one attached hydrogen (secondary N) is 1. The van der Waals surface area contributed by atoms with E-state index in [-0.39, 0.29) is 6.10 Å². The summed E-state index contributed by atoms with van der Waals surface area (Å²) in [6.07, 6.45) is 6.68. The zero-order valence-electron chi connectivity index (χ0n) is 8.71. The lowest BCUT2D eigenvalue weighted by Crippen LogP contribution is -2.32. The molecule has 0 bridgehead atoms. The highest BCUT2D eigenvalue weighted by Gasteiger charge is 2.20. The fourth-order valence-corrected chi connectivity index (χ4v) is 2.39. The van der Waals surface area contributed by atoms with Crippen LogP contribution in [-0.2, 0) is 0 Å². The summed E-state index contributed by atoms with van der Waals surface area (Å²) < 4.78 is 0. The molecular formula is C11H20N2O. The van der Waals surface area contributed by atoms with Gasteiger partial charge in [0.25, 0.3) is 0 Å². The molecular weight excluding hydrogens is 176 g/mol. The molecule has 0 aromatic rings. The van der Waals surface area contributed by atoms with Crippen molar-refractivity contribution in [1.29, 1.82) is 0 Å². The topological polar surface area (TPSA) is 44.6 Å². The van der Waals surface area contributed by atoms with E-state index < -0.39 is 0 Å². The minimum absolute atomic E-state index is 0.0546. The maximum atomic E-state index is 9.51. The first-order valence-corrected chi connectivity index (χ1v) is 5.80. The van der Waals surface area contributed by atoms with Crippen molar-refractivity contribution < 1.29 is 5.11 Å². The van der Waals surface area contributed by atoms with Crippen molar-refractivity contribution in [3.05, 3.63) is 0 Å². The van der Waals surface area contributed by atoms with Crippen LogP contribution in [0.3, 0.4) is 0 Å². The van der Waals surface area contributed by atoms with Crippen LogP contribution in [0.25, 0.3) is 0 Å². The van der Waals surface area contributed by atoms with Gasteiger partial charge in [-0.2, -0.15) is 0 Å². The Labute approximate surface area is 85.6 Å². The quantitative estimate of drug-likeness (QED) is 0.699. The van der Waals surface area contributed by atoms with Gasteiger partial charge in [0.15, 0.2) is 0 Å². The number of hydrogen-bond donors (Lipinski definition) is 2. The van der Waals surface area contributed by atoms with Gasteiger partial charge in [0, 0.05) is 19.5 Å². The third-order valence-corrected chi connectivity index (χ3v) is 3.22. The minimum atomic E-state index is -0.0546. The molecule has 2 rings (SSSR count). The number of amidine groups is 1. The summed E-state index contributed by atoms with van der Waals surface area (Å²) in [4.78, 5) is 4.38. The minimum Gasteiger partial charge on any atom is -0.393 e. The summed E-state index contributed by atoms with van der Waals surface area (Å²) >= 11 is 0. The maximum Gasteiger partial charge on any atom is 0.0963 e. The third kappa shape index (κ3) is 2.71. The van der Waals surface area contributed by atoms with Crippen LogP contribution in [0.4, 0.5) is 0 Å². The van der Waals surface area contributed by atoms with Gasteiger partial charge in [-0.1, -0.05) is 6.42 Å².